The molecule has 2 N–H and O–H groups in total. The molecule has 0 fully saturated rings. The summed E-state index contributed by atoms with van der Waals surface area (Å²) in [4.78, 5) is 12.6. The van der Waals surface area contributed by atoms with Crippen LogP contribution >= 0.6 is 22.6 Å². The molecule has 5 heteroatoms. The Morgan fingerprint density at radius 3 is 2.23 bits per heavy atom. The molecule has 0 heterocycles. The zero-order valence-corrected chi connectivity index (χ0v) is 18.3. The Morgan fingerprint density at radius 2 is 1.73 bits per heavy atom. The van der Waals surface area contributed by atoms with Crippen LogP contribution in [0.15, 0.2) is 30.3 Å². The lowest BCUT2D eigenvalue weighted by molar-refractivity contribution is -0.164. The van der Waals surface area contributed by atoms with Gasteiger partial charge >= 0.3 is 5.97 Å². The highest BCUT2D eigenvalue weighted by Gasteiger charge is 2.32. The van der Waals surface area contributed by atoms with Crippen molar-refractivity contribution >= 4 is 34.2 Å². The van der Waals surface area contributed by atoms with E-state index in [0.717, 1.165) is 25.8 Å². The van der Waals surface area contributed by atoms with Gasteiger partial charge in [-0.3, -0.25) is 0 Å². The van der Waals surface area contributed by atoms with Crippen LogP contribution in [-0.2, 0) is 14.3 Å². The van der Waals surface area contributed by atoms with Crippen molar-refractivity contribution in [2.75, 3.05) is 12.8 Å². The third kappa shape index (κ3) is 4.57. The molecule has 0 aromatic heterocycles. The van der Waals surface area contributed by atoms with Gasteiger partial charge in [0.25, 0.3) is 0 Å². The average Bonchev–Trinajstić information content (AvgIpc) is 2.57. The first kappa shape index (κ1) is 20.7. The molecule has 0 aliphatic carbocycles. The van der Waals surface area contributed by atoms with Gasteiger partial charge in [-0.2, -0.15) is 0 Å². The number of carbonyl (C=O) groups excluding carboxylic acids is 1. The highest BCUT2D eigenvalue weighted by Crippen LogP contribution is 2.40. The van der Waals surface area contributed by atoms with Gasteiger partial charge in [-0.25, -0.2) is 4.79 Å². The largest absolute Gasteiger partial charge is 0.467 e. The number of rotatable bonds is 4. The van der Waals surface area contributed by atoms with E-state index in [4.69, 9.17) is 15.2 Å². The molecule has 2 rings (SSSR count). The first-order valence-corrected chi connectivity index (χ1v) is 9.54. The highest BCUT2D eigenvalue weighted by molar-refractivity contribution is 14.1. The van der Waals surface area contributed by atoms with Crippen molar-refractivity contribution in [3.05, 3.63) is 50.6 Å². The summed E-state index contributed by atoms with van der Waals surface area (Å²) in [6, 6.07) is 10.2. The SMILES string of the molecule is COC(=O)[C@@H](OC(C)(C)C)c1c(-c2ccc(C)cc2)cc(I)c(N)c1C. The van der Waals surface area contributed by atoms with Crippen molar-refractivity contribution in [2.45, 2.75) is 46.3 Å². The van der Waals surface area contributed by atoms with Crippen LogP contribution in [0.4, 0.5) is 5.69 Å². The van der Waals surface area contributed by atoms with E-state index in [0.29, 0.717) is 5.69 Å². The third-order valence-electron chi connectivity index (χ3n) is 4.14. The van der Waals surface area contributed by atoms with Gasteiger partial charge in [0.05, 0.1) is 12.7 Å². The number of carbonyl (C=O) groups is 1. The van der Waals surface area contributed by atoms with E-state index < -0.39 is 17.7 Å². The number of methoxy groups -OCH3 is 1. The number of anilines is 1. The molecule has 2 aromatic carbocycles. The number of nitrogens with two attached hydrogens (primary N) is 1. The molecule has 0 aliphatic heterocycles. The van der Waals surface area contributed by atoms with Crippen LogP contribution in [0.5, 0.6) is 0 Å². The third-order valence-corrected chi connectivity index (χ3v) is 5.03. The van der Waals surface area contributed by atoms with Crippen molar-refractivity contribution in [3.8, 4) is 11.1 Å². The Kier molecular flexibility index (Phi) is 6.34. The highest BCUT2D eigenvalue weighted by atomic mass is 127. The summed E-state index contributed by atoms with van der Waals surface area (Å²) < 4.78 is 12.1. The van der Waals surface area contributed by atoms with Gasteiger partial charge in [0.2, 0.25) is 0 Å². The van der Waals surface area contributed by atoms with E-state index in [1.807, 2.05) is 52.8 Å². The second-order valence-corrected chi connectivity index (χ2v) is 8.52. The Hall–Kier alpha value is -1.60. The Morgan fingerprint density at radius 1 is 1.15 bits per heavy atom. The van der Waals surface area contributed by atoms with Crippen molar-refractivity contribution in [1.82, 2.24) is 0 Å². The van der Waals surface area contributed by atoms with E-state index >= 15 is 0 Å². The molecule has 140 valence electrons. The van der Waals surface area contributed by atoms with Crippen LogP contribution in [0.2, 0.25) is 0 Å². The molecule has 0 unspecified atom stereocenters. The van der Waals surface area contributed by atoms with Crippen molar-refractivity contribution in [3.63, 3.8) is 0 Å². The molecule has 0 saturated carbocycles. The maximum atomic E-state index is 12.6. The van der Waals surface area contributed by atoms with Crippen molar-refractivity contribution < 1.29 is 14.3 Å². The van der Waals surface area contributed by atoms with Gasteiger partial charge in [-0.1, -0.05) is 29.8 Å². The molecule has 0 radical (unpaired) electrons. The smallest absolute Gasteiger partial charge is 0.339 e. The van der Waals surface area contributed by atoms with Crippen LogP contribution < -0.4 is 5.73 Å². The number of hydrogen-bond acceptors (Lipinski definition) is 4. The Bertz CT molecular complexity index is 807. The summed E-state index contributed by atoms with van der Waals surface area (Å²) >= 11 is 2.22. The molecule has 0 amide bonds. The second kappa shape index (κ2) is 7.96. The van der Waals surface area contributed by atoms with Crippen LogP contribution in [-0.4, -0.2) is 18.7 Å². The first-order chi connectivity index (χ1) is 12.0. The number of hydrogen-bond donors (Lipinski definition) is 1. The summed E-state index contributed by atoms with van der Waals surface area (Å²) in [5.41, 5.74) is 11.1. The van der Waals surface area contributed by atoms with E-state index in [1.165, 1.54) is 12.7 Å². The Labute approximate surface area is 169 Å². The number of esters is 1. The van der Waals surface area contributed by atoms with Gasteiger partial charge in [-0.05, 0) is 80.0 Å². The number of nitrogen functional groups attached to an aromatic ring is 1. The van der Waals surface area contributed by atoms with Crippen molar-refractivity contribution in [1.29, 1.82) is 0 Å². The lowest BCUT2D eigenvalue weighted by Crippen LogP contribution is -2.29. The minimum absolute atomic E-state index is 0.433. The lowest BCUT2D eigenvalue weighted by Gasteiger charge is -2.29. The summed E-state index contributed by atoms with van der Waals surface area (Å²) in [7, 11) is 1.37. The number of benzene rings is 2. The number of aryl methyl sites for hydroxylation is 1. The average molecular weight is 467 g/mol. The second-order valence-electron chi connectivity index (χ2n) is 7.36. The fraction of sp³-hybridized carbons (Fsp3) is 0.381. The number of ether oxygens (including phenoxy) is 2. The fourth-order valence-corrected chi connectivity index (χ4v) is 3.52. The molecule has 0 saturated heterocycles. The fourth-order valence-electron chi connectivity index (χ4n) is 2.80. The monoisotopic (exact) mass is 467 g/mol. The van der Waals surface area contributed by atoms with Crippen LogP contribution in [0.1, 0.15) is 43.6 Å². The summed E-state index contributed by atoms with van der Waals surface area (Å²) in [6.45, 7) is 9.72. The molecule has 4 nitrogen and oxygen atoms in total. The zero-order valence-electron chi connectivity index (χ0n) is 16.1. The Balaban J connectivity index is 2.76. The van der Waals surface area contributed by atoms with E-state index in [1.54, 1.807) is 0 Å². The lowest BCUT2D eigenvalue weighted by atomic mass is 9.90. The quantitative estimate of drug-likeness (QED) is 0.382. The van der Waals surface area contributed by atoms with Gasteiger partial charge in [0.1, 0.15) is 0 Å². The molecule has 0 aliphatic rings. The zero-order chi connectivity index (χ0) is 19.6. The topological polar surface area (TPSA) is 61.5 Å². The minimum Gasteiger partial charge on any atom is -0.467 e. The predicted molar refractivity (Wildman–Crippen MR) is 114 cm³/mol. The first-order valence-electron chi connectivity index (χ1n) is 8.46. The van der Waals surface area contributed by atoms with E-state index in [-0.39, 0.29) is 0 Å². The normalized spacial score (nSPS) is 12.7. The van der Waals surface area contributed by atoms with Crippen LogP contribution in [0.3, 0.4) is 0 Å². The molecule has 0 spiro atoms. The molecular weight excluding hydrogens is 441 g/mol. The predicted octanol–water partition coefficient (Wildman–Crippen LogP) is 5.19. The van der Waals surface area contributed by atoms with Gasteiger partial charge in [0.15, 0.2) is 6.10 Å². The maximum absolute atomic E-state index is 12.6. The molecular formula is C21H26INO3. The van der Waals surface area contributed by atoms with Crippen molar-refractivity contribution in [2.24, 2.45) is 0 Å². The van der Waals surface area contributed by atoms with Gasteiger partial charge in [-0.15, -0.1) is 0 Å². The van der Waals surface area contributed by atoms with E-state index in [9.17, 15) is 4.79 Å². The standard InChI is InChI=1S/C21H26INO3/c1-12-7-9-14(10-8-12)15-11-16(22)18(23)13(2)17(15)19(20(24)25-6)26-21(3,4)5/h7-11,19H,23H2,1-6H3/t19-/m0/s1. The molecule has 1 atom stereocenters. The van der Waals surface area contributed by atoms with Crippen LogP contribution in [0.25, 0.3) is 11.1 Å². The summed E-state index contributed by atoms with van der Waals surface area (Å²) in [5, 5.41) is 0. The van der Waals surface area contributed by atoms with Gasteiger partial charge in [0, 0.05) is 14.8 Å². The maximum Gasteiger partial charge on any atom is 0.339 e. The van der Waals surface area contributed by atoms with Gasteiger partial charge < -0.3 is 15.2 Å². The molecule has 2 aromatic rings. The molecule has 26 heavy (non-hydrogen) atoms. The summed E-state index contributed by atoms with van der Waals surface area (Å²) in [6.07, 6.45) is -0.851. The minimum atomic E-state index is -0.851. The summed E-state index contributed by atoms with van der Waals surface area (Å²) in [5.74, 6) is -0.433. The molecule has 0 bridgehead atoms. The van der Waals surface area contributed by atoms with Crippen LogP contribution in [0, 0.1) is 17.4 Å². The number of halogens is 1. The van der Waals surface area contributed by atoms with E-state index in [2.05, 4.69) is 34.7 Å².